The molecule has 1 aliphatic carbocycles. The summed E-state index contributed by atoms with van der Waals surface area (Å²) >= 11 is 0. The molecular weight excluding hydrogens is 410 g/mol. The molecule has 5 aliphatic rings. The van der Waals surface area contributed by atoms with E-state index in [1.165, 1.54) is 6.92 Å². The van der Waals surface area contributed by atoms with E-state index in [4.69, 9.17) is 19.2 Å². The monoisotopic (exact) mass is 432 g/mol. The zero-order valence-corrected chi connectivity index (χ0v) is 15.9. The number of hydrogen-bond acceptors (Lipinski definition) is 5. The maximum Gasteiger partial charge on any atom is 0.447 e. The molecule has 1 saturated carbocycles. The molecule has 0 N–H and O–H groups in total. The van der Waals surface area contributed by atoms with Crippen LogP contribution in [0.1, 0.15) is 39.5 Å². The molecule has 166 valence electrons. The predicted octanol–water partition coefficient (Wildman–Crippen LogP) is 4.63. The molecule has 29 heavy (non-hydrogen) atoms. The quantitative estimate of drug-likeness (QED) is 0.362. The van der Waals surface area contributed by atoms with Gasteiger partial charge in [0.05, 0.1) is 0 Å². The Morgan fingerprint density at radius 1 is 1.07 bits per heavy atom. The lowest BCUT2D eigenvalue weighted by atomic mass is 9.58. The fourth-order valence-corrected chi connectivity index (χ4v) is 5.24. The van der Waals surface area contributed by atoms with Gasteiger partial charge in [-0.1, -0.05) is 13.5 Å². The van der Waals surface area contributed by atoms with Crippen molar-refractivity contribution in [1.29, 1.82) is 0 Å². The summed E-state index contributed by atoms with van der Waals surface area (Å²) in [5, 5.41) is 0. The van der Waals surface area contributed by atoms with Crippen molar-refractivity contribution in [2.45, 2.75) is 75.3 Å². The molecule has 11 heteroatoms. The summed E-state index contributed by atoms with van der Waals surface area (Å²) in [5.74, 6) is -6.26. The van der Waals surface area contributed by atoms with Crippen LogP contribution in [0.5, 0.6) is 0 Å². The Kier molecular flexibility index (Phi) is 4.65. The van der Waals surface area contributed by atoms with Crippen LogP contribution >= 0.6 is 0 Å². The van der Waals surface area contributed by atoms with Gasteiger partial charge in [-0.3, -0.25) is 0 Å². The van der Waals surface area contributed by atoms with Crippen molar-refractivity contribution in [3.8, 4) is 0 Å². The minimum Gasteiger partial charge on any atom is -0.330 e. The minimum atomic E-state index is -5.31. The fraction of sp³-hybridized carbons (Fsp3) is 0.889. The molecule has 0 aromatic rings. The van der Waals surface area contributed by atoms with Crippen molar-refractivity contribution in [3.05, 3.63) is 12.2 Å². The van der Waals surface area contributed by atoms with Gasteiger partial charge < -0.3 is 14.2 Å². The van der Waals surface area contributed by atoms with Crippen molar-refractivity contribution in [3.63, 3.8) is 0 Å². The van der Waals surface area contributed by atoms with Crippen molar-refractivity contribution in [2.24, 2.45) is 17.8 Å². The summed E-state index contributed by atoms with van der Waals surface area (Å²) in [7, 11) is 0. The van der Waals surface area contributed by atoms with Gasteiger partial charge in [0.1, 0.15) is 6.61 Å². The Balaban J connectivity index is 1.81. The molecule has 0 radical (unpaired) electrons. The first kappa shape index (κ1) is 21.4. The van der Waals surface area contributed by atoms with Crippen molar-refractivity contribution in [2.75, 3.05) is 6.61 Å². The Labute approximate surface area is 163 Å². The topological polar surface area (TPSA) is 46.2 Å². The SMILES string of the molecule is C=C1[C@@H]2CC[C@@H](C)C3CC[C@]4(C)OO[C@]32[C@@H](O4)O[C@@]1(OCC(F)(F)F)C(F)(F)F. The van der Waals surface area contributed by atoms with E-state index in [9.17, 15) is 26.3 Å². The molecule has 0 aromatic carbocycles. The average Bonchev–Trinajstić information content (AvgIpc) is 2.81. The Morgan fingerprint density at radius 2 is 1.76 bits per heavy atom. The third kappa shape index (κ3) is 3.03. The minimum absolute atomic E-state index is 0.0623. The first-order valence-electron chi connectivity index (χ1n) is 9.43. The third-order valence-electron chi connectivity index (χ3n) is 6.65. The lowest BCUT2D eigenvalue weighted by Gasteiger charge is -2.61. The van der Waals surface area contributed by atoms with Gasteiger partial charge in [0.15, 0.2) is 11.9 Å². The second-order valence-electron chi connectivity index (χ2n) is 8.52. The van der Waals surface area contributed by atoms with Crippen LogP contribution < -0.4 is 0 Å². The second-order valence-corrected chi connectivity index (χ2v) is 8.52. The van der Waals surface area contributed by atoms with Gasteiger partial charge in [-0.05, 0) is 43.6 Å². The summed E-state index contributed by atoms with van der Waals surface area (Å²) in [5.41, 5.74) is -2.08. The summed E-state index contributed by atoms with van der Waals surface area (Å²) in [4.78, 5) is 11.1. The maximum atomic E-state index is 14.1. The molecular formula is C18H22F6O5. The van der Waals surface area contributed by atoms with E-state index in [2.05, 4.69) is 11.3 Å². The first-order valence-corrected chi connectivity index (χ1v) is 9.43. The van der Waals surface area contributed by atoms with Gasteiger partial charge in [0.2, 0.25) is 5.79 Å². The van der Waals surface area contributed by atoms with E-state index in [1.807, 2.05) is 6.92 Å². The van der Waals surface area contributed by atoms with Crippen LogP contribution in [0.4, 0.5) is 26.3 Å². The first-order chi connectivity index (χ1) is 13.2. The molecule has 5 fully saturated rings. The van der Waals surface area contributed by atoms with E-state index >= 15 is 0 Å². The molecule has 0 aromatic heterocycles. The molecule has 2 bridgehead atoms. The van der Waals surface area contributed by atoms with Gasteiger partial charge in [0, 0.05) is 12.3 Å². The second kappa shape index (κ2) is 6.32. The fourth-order valence-electron chi connectivity index (χ4n) is 5.24. The number of ether oxygens (including phenoxy) is 3. The summed E-state index contributed by atoms with van der Waals surface area (Å²) in [6.45, 7) is 4.80. The highest BCUT2D eigenvalue weighted by Gasteiger charge is 2.76. The van der Waals surface area contributed by atoms with Crippen LogP contribution in [0.25, 0.3) is 0 Å². The van der Waals surface area contributed by atoms with Gasteiger partial charge in [-0.15, -0.1) is 0 Å². The molecule has 0 amide bonds. The Morgan fingerprint density at radius 3 is 2.38 bits per heavy atom. The highest BCUT2D eigenvalue weighted by Crippen LogP contribution is 2.64. The largest absolute Gasteiger partial charge is 0.447 e. The Bertz CT molecular complexity index is 695. The number of fused-ring (bicyclic) bond motifs is 2. The number of hydrogen-bond donors (Lipinski definition) is 0. The average molecular weight is 432 g/mol. The van der Waals surface area contributed by atoms with E-state index in [1.54, 1.807) is 0 Å². The van der Waals surface area contributed by atoms with Gasteiger partial charge in [-0.2, -0.15) is 26.3 Å². The highest BCUT2D eigenvalue weighted by atomic mass is 19.4. The van der Waals surface area contributed by atoms with Crippen LogP contribution in [-0.4, -0.2) is 42.4 Å². The molecule has 1 spiro atoms. The lowest BCUT2D eigenvalue weighted by Crippen LogP contribution is -2.74. The van der Waals surface area contributed by atoms with Crippen LogP contribution in [0.2, 0.25) is 0 Å². The van der Waals surface area contributed by atoms with Crippen LogP contribution in [0.3, 0.4) is 0 Å². The zero-order valence-electron chi connectivity index (χ0n) is 15.9. The zero-order chi connectivity index (χ0) is 21.5. The molecule has 7 atom stereocenters. The smallest absolute Gasteiger partial charge is 0.330 e. The van der Waals surface area contributed by atoms with Gasteiger partial charge in [-0.25, -0.2) is 9.78 Å². The van der Waals surface area contributed by atoms with E-state index in [0.29, 0.717) is 19.3 Å². The standard InChI is InChI=1S/C18H22F6O5/c1-9-4-5-12-10(2)17(18(22,23)24,25-8-15(19,20)21)27-13-16(12)11(9)6-7-14(3,26-13)28-29-16/h9,11-13H,2,4-8H2,1,3H3/t9-,11?,12+,13+,14+,16-,17-/m1/s1. The lowest BCUT2D eigenvalue weighted by molar-refractivity contribution is -0.583. The van der Waals surface area contributed by atoms with Crippen LogP contribution in [0.15, 0.2) is 12.2 Å². The molecule has 1 unspecified atom stereocenters. The Hall–Kier alpha value is -0.880. The molecule has 5 nitrogen and oxygen atoms in total. The molecule has 4 aliphatic heterocycles. The van der Waals surface area contributed by atoms with Crippen molar-refractivity contribution >= 4 is 0 Å². The summed E-state index contributed by atoms with van der Waals surface area (Å²) in [6, 6.07) is 0. The van der Waals surface area contributed by atoms with Crippen molar-refractivity contribution < 1.29 is 50.3 Å². The molecule has 4 heterocycles. The highest BCUT2D eigenvalue weighted by molar-refractivity contribution is 5.28. The third-order valence-corrected chi connectivity index (χ3v) is 6.65. The van der Waals surface area contributed by atoms with E-state index in [-0.39, 0.29) is 18.3 Å². The van der Waals surface area contributed by atoms with Crippen LogP contribution in [0, 0.1) is 17.8 Å². The predicted molar refractivity (Wildman–Crippen MR) is 83.8 cm³/mol. The molecule has 5 rings (SSSR count). The van der Waals surface area contributed by atoms with Gasteiger partial charge in [0.25, 0.3) is 5.79 Å². The number of rotatable bonds is 2. The van der Waals surface area contributed by atoms with E-state index in [0.717, 1.165) is 0 Å². The van der Waals surface area contributed by atoms with Gasteiger partial charge >= 0.3 is 12.4 Å². The number of alkyl halides is 6. The summed E-state index contributed by atoms with van der Waals surface area (Å²) in [6.07, 6.45) is -10.3. The van der Waals surface area contributed by atoms with Crippen LogP contribution in [-0.2, 0) is 24.0 Å². The van der Waals surface area contributed by atoms with E-state index < -0.39 is 53.9 Å². The number of halogens is 6. The molecule has 4 saturated heterocycles. The van der Waals surface area contributed by atoms with Crippen molar-refractivity contribution in [1.82, 2.24) is 0 Å². The normalized spacial score (nSPS) is 47.7. The maximum absolute atomic E-state index is 14.1. The summed E-state index contributed by atoms with van der Waals surface area (Å²) < 4.78 is 96.0.